The molecule has 2 amide bonds. The zero-order valence-electron chi connectivity index (χ0n) is 19.3. The number of ether oxygens (including phenoxy) is 2. The highest BCUT2D eigenvalue weighted by molar-refractivity contribution is 5.87. The van der Waals surface area contributed by atoms with E-state index in [9.17, 15) is 14.0 Å². The minimum Gasteiger partial charge on any atom is -0.490 e. The Morgan fingerprint density at radius 3 is 2.22 bits per heavy atom. The minimum absolute atomic E-state index is 0.153. The molecule has 0 bridgehead atoms. The topological polar surface area (TPSA) is 67.9 Å². The van der Waals surface area contributed by atoms with Crippen molar-refractivity contribution in [1.82, 2.24) is 10.2 Å². The predicted octanol–water partition coefficient (Wildman–Crippen LogP) is 4.11. The van der Waals surface area contributed by atoms with E-state index in [1.165, 1.54) is 17.0 Å². The molecule has 0 aromatic heterocycles. The summed E-state index contributed by atoms with van der Waals surface area (Å²) in [4.78, 5) is 27.1. The number of hydrogen-bond acceptors (Lipinski definition) is 4. The van der Waals surface area contributed by atoms with Gasteiger partial charge in [0.25, 0.3) is 0 Å². The molecule has 2 aromatic carbocycles. The summed E-state index contributed by atoms with van der Waals surface area (Å²) in [5.74, 6) is 0.608. The third-order valence-electron chi connectivity index (χ3n) is 5.02. The average molecular weight is 445 g/mol. The van der Waals surface area contributed by atoms with Crippen molar-refractivity contribution in [1.29, 1.82) is 0 Å². The van der Waals surface area contributed by atoms with Gasteiger partial charge in [0.2, 0.25) is 11.8 Å². The lowest BCUT2D eigenvalue weighted by molar-refractivity contribution is -0.140. The van der Waals surface area contributed by atoms with Crippen LogP contribution in [0.1, 0.15) is 45.2 Å². The predicted molar refractivity (Wildman–Crippen MR) is 122 cm³/mol. The molecule has 1 unspecified atom stereocenters. The molecule has 2 rings (SSSR count). The molecular weight excluding hydrogens is 411 g/mol. The van der Waals surface area contributed by atoms with E-state index in [1.54, 1.807) is 19.1 Å². The first-order valence-electron chi connectivity index (χ1n) is 11.1. The number of rotatable bonds is 12. The molecule has 0 radical (unpaired) electrons. The largest absolute Gasteiger partial charge is 0.490 e. The summed E-state index contributed by atoms with van der Waals surface area (Å²) in [6.07, 6.45) is 0.720. The molecule has 0 saturated heterocycles. The van der Waals surface area contributed by atoms with Gasteiger partial charge in [0.1, 0.15) is 11.9 Å². The van der Waals surface area contributed by atoms with Gasteiger partial charge in [-0.3, -0.25) is 9.59 Å². The molecule has 1 atom stereocenters. The Labute approximate surface area is 189 Å². The average Bonchev–Trinajstić information content (AvgIpc) is 2.78. The van der Waals surface area contributed by atoms with Crippen LogP contribution in [0, 0.1) is 5.82 Å². The highest BCUT2D eigenvalue weighted by Gasteiger charge is 2.25. The molecular formula is C25H33FN2O4. The van der Waals surface area contributed by atoms with E-state index in [0.29, 0.717) is 37.7 Å². The number of likely N-dealkylation sites (N-methyl/N-ethyl adjacent to an activating group) is 1. The SMILES string of the molecule is CCNC(=O)C(C)N(Cc1ccc(F)cc1)C(=O)CCc1ccc(OCC)c(OCC)c1. The van der Waals surface area contributed by atoms with Crippen molar-refractivity contribution < 1.29 is 23.5 Å². The Kier molecular flexibility index (Phi) is 9.98. The summed E-state index contributed by atoms with van der Waals surface area (Å²) in [5.41, 5.74) is 1.70. The van der Waals surface area contributed by atoms with E-state index < -0.39 is 6.04 Å². The van der Waals surface area contributed by atoms with Crippen LogP contribution in [-0.4, -0.2) is 42.5 Å². The number of aryl methyl sites for hydroxylation is 1. The van der Waals surface area contributed by atoms with Crippen molar-refractivity contribution in [2.75, 3.05) is 19.8 Å². The molecule has 2 aromatic rings. The number of nitrogens with one attached hydrogen (secondary N) is 1. The maximum Gasteiger partial charge on any atom is 0.242 e. The molecule has 6 nitrogen and oxygen atoms in total. The molecule has 0 spiro atoms. The summed E-state index contributed by atoms with van der Waals surface area (Å²) in [6.45, 7) is 9.11. The fourth-order valence-corrected chi connectivity index (χ4v) is 3.34. The zero-order chi connectivity index (χ0) is 23.5. The Balaban J connectivity index is 2.15. The fraction of sp³-hybridized carbons (Fsp3) is 0.440. The van der Waals surface area contributed by atoms with Crippen LogP contribution in [0.2, 0.25) is 0 Å². The molecule has 32 heavy (non-hydrogen) atoms. The van der Waals surface area contributed by atoms with Crippen molar-refractivity contribution in [3.8, 4) is 11.5 Å². The lowest BCUT2D eigenvalue weighted by atomic mass is 10.1. The highest BCUT2D eigenvalue weighted by atomic mass is 19.1. The number of benzene rings is 2. The number of hydrogen-bond donors (Lipinski definition) is 1. The van der Waals surface area contributed by atoms with Gasteiger partial charge in [-0.2, -0.15) is 0 Å². The number of halogens is 1. The quantitative estimate of drug-likeness (QED) is 0.535. The van der Waals surface area contributed by atoms with Crippen molar-refractivity contribution >= 4 is 11.8 Å². The van der Waals surface area contributed by atoms with Gasteiger partial charge in [0, 0.05) is 19.5 Å². The smallest absolute Gasteiger partial charge is 0.242 e. The highest BCUT2D eigenvalue weighted by Crippen LogP contribution is 2.29. The van der Waals surface area contributed by atoms with Crippen LogP contribution < -0.4 is 14.8 Å². The Hall–Kier alpha value is -3.09. The van der Waals surface area contributed by atoms with Crippen LogP contribution in [-0.2, 0) is 22.6 Å². The first-order chi connectivity index (χ1) is 15.4. The lowest BCUT2D eigenvalue weighted by Crippen LogP contribution is -2.47. The van der Waals surface area contributed by atoms with E-state index >= 15 is 0 Å². The summed E-state index contributed by atoms with van der Waals surface area (Å²) < 4.78 is 24.5. The van der Waals surface area contributed by atoms with E-state index in [0.717, 1.165) is 11.1 Å². The van der Waals surface area contributed by atoms with Gasteiger partial charge >= 0.3 is 0 Å². The second-order valence-corrected chi connectivity index (χ2v) is 7.37. The molecule has 0 heterocycles. The van der Waals surface area contributed by atoms with Crippen LogP contribution in [0.4, 0.5) is 4.39 Å². The number of amides is 2. The third kappa shape index (κ3) is 7.25. The van der Waals surface area contributed by atoms with Crippen LogP contribution in [0.15, 0.2) is 42.5 Å². The number of carbonyl (C=O) groups excluding carboxylic acids is 2. The van der Waals surface area contributed by atoms with Crippen LogP contribution in [0.25, 0.3) is 0 Å². The number of nitrogens with zero attached hydrogens (tertiary/aromatic N) is 1. The van der Waals surface area contributed by atoms with Crippen molar-refractivity contribution in [2.24, 2.45) is 0 Å². The fourth-order valence-electron chi connectivity index (χ4n) is 3.34. The third-order valence-corrected chi connectivity index (χ3v) is 5.02. The van der Waals surface area contributed by atoms with Gasteiger partial charge in [-0.25, -0.2) is 4.39 Å². The summed E-state index contributed by atoms with van der Waals surface area (Å²) in [5, 5.41) is 2.77. The Bertz CT molecular complexity index is 886. The molecule has 0 aliphatic heterocycles. The summed E-state index contributed by atoms with van der Waals surface area (Å²) >= 11 is 0. The maximum absolute atomic E-state index is 13.3. The maximum atomic E-state index is 13.3. The molecule has 7 heteroatoms. The van der Waals surface area contributed by atoms with Gasteiger partial charge < -0.3 is 19.7 Å². The van der Waals surface area contributed by atoms with Gasteiger partial charge in [-0.05, 0) is 69.5 Å². The first-order valence-corrected chi connectivity index (χ1v) is 11.1. The Morgan fingerprint density at radius 1 is 0.969 bits per heavy atom. The van der Waals surface area contributed by atoms with E-state index in [-0.39, 0.29) is 30.6 Å². The van der Waals surface area contributed by atoms with E-state index in [2.05, 4.69) is 5.32 Å². The van der Waals surface area contributed by atoms with Crippen molar-refractivity contribution in [3.05, 3.63) is 59.4 Å². The molecule has 0 saturated carbocycles. The van der Waals surface area contributed by atoms with E-state index in [1.807, 2.05) is 39.0 Å². The first kappa shape index (κ1) is 25.2. The van der Waals surface area contributed by atoms with Crippen molar-refractivity contribution in [3.63, 3.8) is 0 Å². The molecule has 1 N–H and O–H groups in total. The molecule has 0 fully saturated rings. The normalized spacial score (nSPS) is 11.5. The number of carbonyl (C=O) groups is 2. The summed E-state index contributed by atoms with van der Waals surface area (Å²) in [6, 6.07) is 11.0. The second kappa shape index (κ2) is 12.7. The van der Waals surface area contributed by atoms with Gasteiger partial charge in [0.15, 0.2) is 11.5 Å². The zero-order valence-corrected chi connectivity index (χ0v) is 19.3. The van der Waals surface area contributed by atoms with Gasteiger partial charge in [-0.15, -0.1) is 0 Å². The summed E-state index contributed by atoms with van der Waals surface area (Å²) in [7, 11) is 0. The minimum atomic E-state index is -0.646. The second-order valence-electron chi connectivity index (χ2n) is 7.37. The molecule has 174 valence electrons. The van der Waals surface area contributed by atoms with Gasteiger partial charge in [0.05, 0.1) is 13.2 Å². The lowest BCUT2D eigenvalue weighted by Gasteiger charge is -2.29. The molecule has 0 aliphatic rings. The van der Waals surface area contributed by atoms with Crippen molar-refractivity contribution in [2.45, 2.75) is 53.1 Å². The monoisotopic (exact) mass is 444 g/mol. The Morgan fingerprint density at radius 2 is 1.59 bits per heavy atom. The van der Waals surface area contributed by atoms with Gasteiger partial charge in [-0.1, -0.05) is 18.2 Å². The van der Waals surface area contributed by atoms with Crippen LogP contribution >= 0.6 is 0 Å². The molecule has 0 aliphatic carbocycles. The standard InChI is InChI=1S/C25H33FN2O4/c1-5-27-25(30)18(4)28(17-20-8-12-21(26)13-9-20)24(29)15-11-19-10-14-22(31-6-2)23(16-19)32-7-3/h8-10,12-14,16,18H,5-7,11,15,17H2,1-4H3,(H,27,30). The van der Waals surface area contributed by atoms with E-state index in [4.69, 9.17) is 9.47 Å². The van der Waals surface area contributed by atoms with Crippen LogP contribution in [0.5, 0.6) is 11.5 Å². The van der Waals surface area contributed by atoms with Crippen LogP contribution in [0.3, 0.4) is 0 Å².